The number of ketones is 1. The molecule has 1 nitrogen and oxygen atoms in total. The van der Waals surface area contributed by atoms with E-state index < -0.39 is 0 Å². The number of carbonyl (C=O) groups excluding carboxylic acids is 1. The van der Waals surface area contributed by atoms with E-state index in [2.05, 4.69) is 6.92 Å². The van der Waals surface area contributed by atoms with Crippen molar-refractivity contribution in [3.8, 4) is 0 Å². The summed E-state index contributed by atoms with van der Waals surface area (Å²) < 4.78 is 0. The molecule has 1 fully saturated rings. The Balaban J connectivity index is 2.57. The van der Waals surface area contributed by atoms with Gasteiger partial charge < -0.3 is 0 Å². The molecule has 3 atom stereocenters. The zero-order valence-corrected chi connectivity index (χ0v) is 7.19. The lowest BCUT2D eigenvalue weighted by Crippen LogP contribution is -2.31. The number of alkyl halides is 1. The monoisotopic (exact) mass is 160 g/mol. The van der Waals surface area contributed by atoms with Crippen LogP contribution in [0.15, 0.2) is 0 Å². The first-order chi connectivity index (χ1) is 4.61. The van der Waals surface area contributed by atoms with Gasteiger partial charge in [-0.3, -0.25) is 4.79 Å². The fourth-order valence-corrected chi connectivity index (χ4v) is 1.80. The van der Waals surface area contributed by atoms with E-state index in [4.69, 9.17) is 11.6 Å². The van der Waals surface area contributed by atoms with Crippen molar-refractivity contribution >= 4 is 17.4 Å². The van der Waals surface area contributed by atoms with Crippen molar-refractivity contribution < 1.29 is 4.79 Å². The fraction of sp³-hybridized carbons (Fsp3) is 0.875. The second-order valence-electron chi connectivity index (χ2n) is 3.39. The van der Waals surface area contributed by atoms with Crippen molar-refractivity contribution in [3.05, 3.63) is 0 Å². The molecule has 2 heteroatoms. The van der Waals surface area contributed by atoms with Gasteiger partial charge in [0.15, 0.2) is 5.78 Å². The average molecular weight is 161 g/mol. The van der Waals surface area contributed by atoms with Crippen LogP contribution in [0.4, 0.5) is 0 Å². The predicted molar refractivity (Wildman–Crippen MR) is 42.2 cm³/mol. The highest BCUT2D eigenvalue weighted by molar-refractivity contribution is 6.31. The molecule has 10 heavy (non-hydrogen) atoms. The van der Waals surface area contributed by atoms with Gasteiger partial charge in [0.2, 0.25) is 0 Å². The summed E-state index contributed by atoms with van der Waals surface area (Å²) in [5, 5.41) is -0.212. The van der Waals surface area contributed by atoms with Crippen LogP contribution in [0.3, 0.4) is 0 Å². The summed E-state index contributed by atoms with van der Waals surface area (Å²) in [7, 11) is 0. The molecule has 0 spiro atoms. The van der Waals surface area contributed by atoms with Gasteiger partial charge in [-0.25, -0.2) is 0 Å². The zero-order valence-electron chi connectivity index (χ0n) is 6.43. The Kier molecular flexibility index (Phi) is 2.35. The van der Waals surface area contributed by atoms with Crippen LogP contribution in [0.25, 0.3) is 0 Å². The third kappa shape index (κ3) is 1.51. The molecule has 0 aromatic rings. The predicted octanol–water partition coefficient (Wildman–Crippen LogP) is 2.23. The summed E-state index contributed by atoms with van der Waals surface area (Å²) in [6.07, 6.45) is 1.78. The minimum atomic E-state index is -0.212. The van der Waals surface area contributed by atoms with Crippen molar-refractivity contribution in [2.45, 2.75) is 32.1 Å². The molecule has 0 amide bonds. The molecule has 0 aromatic heterocycles. The quantitative estimate of drug-likeness (QED) is 0.497. The lowest BCUT2D eigenvalue weighted by atomic mass is 9.82. The molecule has 0 saturated heterocycles. The Hall–Kier alpha value is -0.0400. The van der Waals surface area contributed by atoms with E-state index >= 15 is 0 Å². The Bertz CT molecular complexity index is 144. The number of carbonyl (C=O) groups is 1. The normalized spacial score (nSPS) is 41.9. The van der Waals surface area contributed by atoms with E-state index in [1.54, 1.807) is 0 Å². The number of rotatable bonds is 0. The highest BCUT2D eigenvalue weighted by Crippen LogP contribution is 2.29. The van der Waals surface area contributed by atoms with E-state index in [9.17, 15) is 4.79 Å². The Labute approximate surface area is 66.8 Å². The van der Waals surface area contributed by atoms with Gasteiger partial charge in [0.25, 0.3) is 0 Å². The fourth-order valence-electron chi connectivity index (χ4n) is 1.61. The summed E-state index contributed by atoms with van der Waals surface area (Å²) in [6, 6.07) is 0. The van der Waals surface area contributed by atoms with E-state index in [-0.39, 0.29) is 11.2 Å². The first-order valence-electron chi connectivity index (χ1n) is 3.78. The third-order valence-corrected chi connectivity index (χ3v) is 2.80. The van der Waals surface area contributed by atoms with Gasteiger partial charge in [-0.15, -0.1) is 11.6 Å². The second kappa shape index (κ2) is 2.91. The van der Waals surface area contributed by atoms with Crippen molar-refractivity contribution in [2.24, 2.45) is 11.8 Å². The Morgan fingerprint density at radius 2 is 2.10 bits per heavy atom. The van der Waals surface area contributed by atoms with E-state index in [0.717, 1.165) is 6.42 Å². The van der Waals surface area contributed by atoms with E-state index in [1.165, 1.54) is 0 Å². The van der Waals surface area contributed by atoms with Crippen molar-refractivity contribution in [1.29, 1.82) is 0 Å². The lowest BCUT2D eigenvalue weighted by molar-refractivity contribution is -0.122. The molecule has 1 aliphatic carbocycles. The molecule has 0 bridgehead atoms. The van der Waals surface area contributed by atoms with Crippen LogP contribution in [0.1, 0.15) is 26.7 Å². The molecule has 0 radical (unpaired) electrons. The van der Waals surface area contributed by atoms with Crippen LogP contribution in [0.2, 0.25) is 0 Å². The number of hydrogen-bond acceptors (Lipinski definition) is 1. The van der Waals surface area contributed by atoms with Crippen LogP contribution in [0.5, 0.6) is 0 Å². The van der Waals surface area contributed by atoms with Crippen molar-refractivity contribution in [1.82, 2.24) is 0 Å². The van der Waals surface area contributed by atoms with E-state index in [1.807, 2.05) is 6.92 Å². The summed E-state index contributed by atoms with van der Waals surface area (Å²) in [5.74, 6) is 1.14. The van der Waals surface area contributed by atoms with Gasteiger partial charge >= 0.3 is 0 Å². The SMILES string of the molecule is CC1CC(=O)C(Cl)C(C)C1. The summed E-state index contributed by atoms with van der Waals surface area (Å²) in [6.45, 7) is 4.16. The van der Waals surface area contributed by atoms with Gasteiger partial charge in [-0.05, 0) is 18.3 Å². The van der Waals surface area contributed by atoms with Crippen LogP contribution in [-0.2, 0) is 4.79 Å². The summed E-state index contributed by atoms with van der Waals surface area (Å²) in [5.41, 5.74) is 0. The standard InChI is InChI=1S/C8H13ClO/c1-5-3-6(2)8(9)7(10)4-5/h5-6,8H,3-4H2,1-2H3. The molecule has 0 heterocycles. The van der Waals surface area contributed by atoms with Crippen LogP contribution >= 0.6 is 11.6 Å². The van der Waals surface area contributed by atoms with Gasteiger partial charge in [0, 0.05) is 6.42 Å². The molecule has 0 N–H and O–H groups in total. The second-order valence-corrected chi connectivity index (χ2v) is 3.86. The average Bonchev–Trinajstić information content (AvgIpc) is 1.82. The van der Waals surface area contributed by atoms with Crippen LogP contribution in [0, 0.1) is 11.8 Å². The van der Waals surface area contributed by atoms with Crippen LogP contribution < -0.4 is 0 Å². The van der Waals surface area contributed by atoms with E-state index in [0.29, 0.717) is 18.3 Å². The van der Waals surface area contributed by atoms with Gasteiger partial charge in [0.1, 0.15) is 0 Å². The van der Waals surface area contributed by atoms with Crippen molar-refractivity contribution in [2.75, 3.05) is 0 Å². The largest absolute Gasteiger partial charge is 0.298 e. The molecule has 1 rings (SSSR count). The lowest BCUT2D eigenvalue weighted by Gasteiger charge is -2.26. The number of hydrogen-bond donors (Lipinski definition) is 0. The Morgan fingerprint density at radius 1 is 1.50 bits per heavy atom. The minimum Gasteiger partial charge on any atom is -0.298 e. The Morgan fingerprint density at radius 3 is 2.60 bits per heavy atom. The molecular formula is C8H13ClO. The van der Waals surface area contributed by atoms with Gasteiger partial charge in [-0.2, -0.15) is 0 Å². The third-order valence-electron chi connectivity index (χ3n) is 2.13. The molecule has 0 aromatic carbocycles. The molecular weight excluding hydrogens is 148 g/mol. The molecule has 3 unspecified atom stereocenters. The van der Waals surface area contributed by atoms with Gasteiger partial charge in [-0.1, -0.05) is 13.8 Å². The topological polar surface area (TPSA) is 17.1 Å². The smallest absolute Gasteiger partial charge is 0.151 e. The maximum atomic E-state index is 11.1. The maximum Gasteiger partial charge on any atom is 0.151 e. The van der Waals surface area contributed by atoms with Gasteiger partial charge in [0.05, 0.1) is 5.38 Å². The van der Waals surface area contributed by atoms with Crippen LogP contribution in [-0.4, -0.2) is 11.2 Å². The highest BCUT2D eigenvalue weighted by atomic mass is 35.5. The van der Waals surface area contributed by atoms with Crippen molar-refractivity contribution in [3.63, 3.8) is 0 Å². The molecule has 0 aliphatic heterocycles. The molecule has 1 aliphatic rings. The zero-order chi connectivity index (χ0) is 7.72. The first-order valence-corrected chi connectivity index (χ1v) is 4.21. The highest BCUT2D eigenvalue weighted by Gasteiger charge is 2.30. The summed E-state index contributed by atoms with van der Waals surface area (Å²) in [4.78, 5) is 11.1. The summed E-state index contributed by atoms with van der Waals surface area (Å²) >= 11 is 5.83. The molecule has 58 valence electrons. The minimum absolute atomic E-state index is 0.212. The number of halogens is 1. The first kappa shape index (κ1) is 8.06. The molecule has 1 saturated carbocycles. The maximum absolute atomic E-state index is 11.1. The number of Topliss-reactive ketones (excluding diaryl/α,β-unsaturated/α-hetero) is 1.